The van der Waals surface area contributed by atoms with E-state index in [9.17, 15) is 5.26 Å². The summed E-state index contributed by atoms with van der Waals surface area (Å²) in [5.74, 6) is 1.24. The second-order valence-corrected chi connectivity index (χ2v) is 7.51. The molecule has 0 spiro atoms. The number of nitrogens with zero attached hydrogens (tertiary/aromatic N) is 2. The van der Waals surface area contributed by atoms with Crippen molar-refractivity contribution in [1.82, 2.24) is 10.2 Å². The van der Waals surface area contributed by atoms with Gasteiger partial charge in [-0.3, -0.25) is 5.10 Å². The van der Waals surface area contributed by atoms with Crippen molar-refractivity contribution in [2.45, 2.75) is 12.8 Å². The highest BCUT2D eigenvalue weighted by atomic mass is 79.9. The van der Waals surface area contributed by atoms with Gasteiger partial charge in [-0.05, 0) is 42.8 Å². The van der Waals surface area contributed by atoms with Crippen molar-refractivity contribution < 1.29 is 14.2 Å². The summed E-state index contributed by atoms with van der Waals surface area (Å²) in [6.07, 6.45) is 0. The molecule has 2 aromatic carbocycles. The first-order valence-electron chi connectivity index (χ1n) is 9.29. The quantitative estimate of drug-likeness (QED) is 0.574. The predicted octanol–water partition coefficient (Wildman–Crippen LogP) is 4.46. The molecular formula is C22H19BrN4O3. The molecule has 4 rings (SSSR count). The van der Waals surface area contributed by atoms with Gasteiger partial charge < -0.3 is 19.9 Å². The summed E-state index contributed by atoms with van der Waals surface area (Å²) in [5, 5.41) is 17.2. The second-order valence-electron chi connectivity index (χ2n) is 6.59. The normalized spacial score (nSPS) is 15.2. The maximum Gasteiger partial charge on any atom is 0.244 e. The average molecular weight is 467 g/mol. The highest BCUT2D eigenvalue weighted by Gasteiger charge is 2.35. The van der Waals surface area contributed by atoms with E-state index in [0.717, 1.165) is 26.9 Å². The largest absolute Gasteiger partial charge is 0.493 e. The third kappa shape index (κ3) is 3.37. The number of hydrogen-bond acceptors (Lipinski definition) is 6. The topological polar surface area (TPSA) is 106 Å². The Bertz CT molecular complexity index is 1160. The first kappa shape index (κ1) is 19.9. The Morgan fingerprint density at radius 1 is 1.23 bits per heavy atom. The first-order chi connectivity index (χ1) is 14.6. The Morgan fingerprint density at radius 3 is 2.67 bits per heavy atom. The molecule has 1 aromatic heterocycles. The number of halogens is 1. The van der Waals surface area contributed by atoms with E-state index in [-0.39, 0.29) is 5.88 Å². The summed E-state index contributed by atoms with van der Waals surface area (Å²) in [4.78, 5) is 0. The van der Waals surface area contributed by atoms with Gasteiger partial charge in [0.25, 0.3) is 0 Å². The number of aromatic nitrogens is 2. The fourth-order valence-corrected chi connectivity index (χ4v) is 3.82. The number of methoxy groups -OCH3 is 1. The Kier molecular flexibility index (Phi) is 5.38. The van der Waals surface area contributed by atoms with Gasteiger partial charge in [-0.1, -0.05) is 28.1 Å². The Balaban J connectivity index is 1.89. The average Bonchev–Trinajstić information content (AvgIpc) is 3.17. The number of fused-ring (bicyclic) bond motifs is 1. The van der Waals surface area contributed by atoms with Gasteiger partial charge in [0.15, 0.2) is 11.5 Å². The van der Waals surface area contributed by atoms with Crippen LogP contribution in [0.25, 0.3) is 11.3 Å². The molecule has 0 bridgehead atoms. The number of aromatic amines is 1. The molecule has 30 heavy (non-hydrogen) atoms. The first-order valence-corrected chi connectivity index (χ1v) is 10.1. The Morgan fingerprint density at radius 2 is 2.00 bits per heavy atom. The van der Waals surface area contributed by atoms with Gasteiger partial charge in [0.2, 0.25) is 11.8 Å². The van der Waals surface area contributed by atoms with E-state index < -0.39 is 5.92 Å². The molecule has 3 aromatic rings. The van der Waals surface area contributed by atoms with Crippen LogP contribution in [0.15, 0.2) is 58.4 Å². The molecule has 1 atom stereocenters. The minimum atomic E-state index is -0.418. The third-order valence-corrected chi connectivity index (χ3v) is 5.42. The van der Waals surface area contributed by atoms with Crippen molar-refractivity contribution in [3.63, 3.8) is 0 Å². The maximum atomic E-state index is 9.81. The molecule has 152 valence electrons. The van der Waals surface area contributed by atoms with Crippen LogP contribution in [0.1, 0.15) is 24.0 Å². The van der Waals surface area contributed by atoms with Gasteiger partial charge in [0, 0.05) is 10.0 Å². The Hall–Kier alpha value is -3.44. The molecule has 1 aliphatic rings. The molecule has 0 saturated carbocycles. The highest BCUT2D eigenvalue weighted by molar-refractivity contribution is 9.10. The van der Waals surface area contributed by atoms with E-state index in [1.807, 2.05) is 49.4 Å². The lowest BCUT2D eigenvalue weighted by atomic mass is 9.83. The van der Waals surface area contributed by atoms with Gasteiger partial charge in [0.05, 0.1) is 30.9 Å². The molecule has 0 aliphatic carbocycles. The molecule has 0 radical (unpaired) electrons. The fourth-order valence-electron chi connectivity index (χ4n) is 3.55. The molecule has 0 unspecified atom stereocenters. The molecule has 7 nitrogen and oxygen atoms in total. The van der Waals surface area contributed by atoms with Gasteiger partial charge in [-0.25, -0.2) is 0 Å². The molecule has 3 N–H and O–H groups in total. The summed E-state index contributed by atoms with van der Waals surface area (Å²) < 4.78 is 17.7. The summed E-state index contributed by atoms with van der Waals surface area (Å²) in [6.45, 7) is 2.45. The zero-order valence-electron chi connectivity index (χ0n) is 16.4. The van der Waals surface area contributed by atoms with Crippen LogP contribution in [0.5, 0.6) is 17.4 Å². The minimum absolute atomic E-state index is 0.0558. The molecule has 2 heterocycles. The molecule has 0 fully saturated rings. The van der Waals surface area contributed by atoms with E-state index in [4.69, 9.17) is 19.9 Å². The highest BCUT2D eigenvalue weighted by Crippen LogP contribution is 2.46. The van der Waals surface area contributed by atoms with Crippen LogP contribution in [0.4, 0.5) is 0 Å². The molecule has 8 heteroatoms. The van der Waals surface area contributed by atoms with Crippen LogP contribution < -0.4 is 19.9 Å². The standard InChI is InChI=1S/C22H19BrN4O3/c1-3-29-16-9-6-13(10-17(16)28-2)20-19-18(12-4-7-14(23)8-5-12)15(11-24)21(25)30-22(19)27-26-20/h4-10,18H,3,25H2,1-2H3,(H,26,27)/t18-/m0/s1. The van der Waals surface area contributed by atoms with Gasteiger partial charge >= 0.3 is 0 Å². The van der Waals surface area contributed by atoms with Crippen molar-refractivity contribution in [1.29, 1.82) is 5.26 Å². The summed E-state index contributed by atoms with van der Waals surface area (Å²) >= 11 is 3.45. The number of hydrogen-bond donors (Lipinski definition) is 2. The lowest BCUT2D eigenvalue weighted by molar-refractivity contribution is 0.311. The maximum absolute atomic E-state index is 9.81. The lowest BCUT2D eigenvalue weighted by Crippen LogP contribution is -2.20. The third-order valence-electron chi connectivity index (χ3n) is 4.89. The summed E-state index contributed by atoms with van der Waals surface area (Å²) in [7, 11) is 1.59. The van der Waals surface area contributed by atoms with Crippen LogP contribution in [-0.2, 0) is 0 Å². The lowest BCUT2D eigenvalue weighted by Gasteiger charge is -2.24. The van der Waals surface area contributed by atoms with Crippen molar-refractivity contribution in [2.24, 2.45) is 5.73 Å². The zero-order valence-corrected chi connectivity index (χ0v) is 18.0. The number of H-pyrrole nitrogens is 1. The van der Waals surface area contributed by atoms with Crippen LogP contribution in [0.3, 0.4) is 0 Å². The number of rotatable bonds is 5. The zero-order chi connectivity index (χ0) is 21.3. The van der Waals surface area contributed by atoms with Crippen LogP contribution >= 0.6 is 15.9 Å². The monoisotopic (exact) mass is 466 g/mol. The van der Waals surface area contributed by atoms with Crippen molar-refractivity contribution in [3.05, 3.63) is 69.5 Å². The predicted molar refractivity (Wildman–Crippen MR) is 115 cm³/mol. The van der Waals surface area contributed by atoms with Gasteiger partial charge in [-0.15, -0.1) is 5.10 Å². The SMILES string of the molecule is CCOc1ccc(-c2[nH]nc3c2[C@@H](c2ccc(Br)cc2)C(C#N)=C(N)O3)cc1OC. The number of ether oxygens (including phenoxy) is 3. The van der Waals surface area contributed by atoms with Gasteiger partial charge in [-0.2, -0.15) is 5.26 Å². The van der Waals surface area contributed by atoms with E-state index in [0.29, 0.717) is 29.6 Å². The van der Waals surface area contributed by atoms with Crippen molar-refractivity contribution >= 4 is 15.9 Å². The van der Waals surface area contributed by atoms with Gasteiger partial charge in [0.1, 0.15) is 11.6 Å². The van der Waals surface area contributed by atoms with E-state index in [1.165, 1.54) is 0 Å². The number of benzene rings is 2. The van der Waals surface area contributed by atoms with E-state index in [1.54, 1.807) is 7.11 Å². The molecule has 0 saturated heterocycles. The van der Waals surface area contributed by atoms with Crippen LogP contribution in [-0.4, -0.2) is 23.9 Å². The smallest absolute Gasteiger partial charge is 0.244 e. The molecule has 0 amide bonds. The molecular weight excluding hydrogens is 448 g/mol. The summed E-state index contributed by atoms with van der Waals surface area (Å²) in [6, 6.07) is 15.6. The van der Waals surface area contributed by atoms with Crippen molar-refractivity contribution in [3.8, 4) is 34.7 Å². The molecule has 1 aliphatic heterocycles. The van der Waals surface area contributed by atoms with E-state index in [2.05, 4.69) is 32.2 Å². The second kappa shape index (κ2) is 8.13. The minimum Gasteiger partial charge on any atom is -0.493 e. The summed E-state index contributed by atoms with van der Waals surface area (Å²) in [5.41, 5.74) is 9.58. The Labute approximate surface area is 182 Å². The number of nitrogens with one attached hydrogen (secondary N) is 1. The fraction of sp³-hybridized carbons (Fsp3) is 0.182. The van der Waals surface area contributed by atoms with Crippen LogP contribution in [0, 0.1) is 11.3 Å². The van der Waals surface area contributed by atoms with E-state index >= 15 is 0 Å². The van der Waals surface area contributed by atoms with Crippen LogP contribution in [0.2, 0.25) is 0 Å². The number of nitriles is 1. The van der Waals surface area contributed by atoms with Crippen molar-refractivity contribution in [2.75, 3.05) is 13.7 Å². The number of nitrogens with two attached hydrogens (primary N) is 1. The number of allylic oxidation sites excluding steroid dienone is 1.